The minimum absolute atomic E-state index is 0.620. The minimum Gasteiger partial charge on any atom is -0.0750 e. The molecule has 0 heterocycles. The largest absolute Gasteiger partial charge is 0.104 e. The highest BCUT2D eigenvalue weighted by Crippen LogP contribution is 2.25. The van der Waals surface area contributed by atoms with Gasteiger partial charge in [0.05, 0.1) is 0 Å². The van der Waals surface area contributed by atoms with E-state index in [1.54, 1.807) is 0 Å². The van der Waals surface area contributed by atoms with Crippen molar-refractivity contribution < 1.29 is 0 Å². The second kappa shape index (κ2) is 3.74. The van der Waals surface area contributed by atoms with Crippen LogP contribution >= 0.6 is 68.4 Å². The maximum absolute atomic E-state index is 5.34. The number of rotatable bonds is 0. The average molecular weight is 349 g/mol. The van der Waals surface area contributed by atoms with E-state index in [1.165, 1.54) is 0 Å². The topological polar surface area (TPSA) is 0 Å². The summed E-state index contributed by atoms with van der Waals surface area (Å²) in [6, 6.07) is 0. The SMILES string of the molecule is ClC(I)=C(Cl)I. The second-order valence-corrected chi connectivity index (χ2v) is 4.71. The van der Waals surface area contributed by atoms with E-state index in [1.807, 2.05) is 45.2 Å². The van der Waals surface area contributed by atoms with Gasteiger partial charge in [-0.15, -0.1) is 0 Å². The van der Waals surface area contributed by atoms with E-state index < -0.39 is 0 Å². The third-order valence-corrected chi connectivity index (χ3v) is 3.37. The van der Waals surface area contributed by atoms with E-state index in [0.717, 1.165) is 0 Å². The van der Waals surface area contributed by atoms with Crippen LogP contribution in [0.2, 0.25) is 0 Å². The van der Waals surface area contributed by atoms with Crippen molar-refractivity contribution in [3.8, 4) is 0 Å². The third kappa shape index (κ3) is 3.95. The molecule has 4 heteroatoms. The first-order valence-corrected chi connectivity index (χ1v) is 3.92. The molecule has 0 fully saturated rings. The Morgan fingerprint density at radius 3 is 1.17 bits per heavy atom. The van der Waals surface area contributed by atoms with Gasteiger partial charge in [0.1, 0.15) is 6.08 Å². The molecule has 0 bridgehead atoms. The van der Waals surface area contributed by atoms with Crippen molar-refractivity contribution in [2.75, 3.05) is 0 Å². The standard InChI is InChI=1S/C2Cl2I2/c3-1(5)2(4)6. The Morgan fingerprint density at radius 1 is 1.00 bits per heavy atom. The molecule has 0 saturated carbocycles. The molecule has 0 aromatic rings. The van der Waals surface area contributed by atoms with E-state index >= 15 is 0 Å². The fourth-order valence-electron chi connectivity index (χ4n) is 0. The summed E-state index contributed by atoms with van der Waals surface area (Å²) in [5.41, 5.74) is 0. The highest BCUT2D eigenvalue weighted by Gasteiger charge is 1.86. The van der Waals surface area contributed by atoms with Gasteiger partial charge < -0.3 is 0 Å². The lowest BCUT2D eigenvalue weighted by Crippen LogP contribution is -1.45. The molecule has 0 nitrogen and oxygen atoms in total. The fraction of sp³-hybridized carbons (Fsp3) is 0. The Bertz CT molecular complexity index is 59.6. The molecule has 0 aliphatic carbocycles. The van der Waals surface area contributed by atoms with Crippen molar-refractivity contribution in [1.29, 1.82) is 0 Å². The zero-order chi connectivity index (χ0) is 5.15. The van der Waals surface area contributed by atoms with E-state index in [-0.39, 0.29) is 0 Å². The Labute approximate surface area is 73.5 Å². The third-order valence-electron chi connectivity index (χ3n) is 0.143. The van der Waals surface area contributed by atoms with Crippen molar-refractivity contribution in [2.24, 2.45) is 0 Å². The molecule has 0 unspecified atom stereocenters. The van der Waals surface area contributed by atoms with E-state index in [2.05, 4.69) is 0 Å². The molecule has 0 amide bonds. The fourth-order valence-corrected chi connectivity index (χ4v) is 0. The number of hydrogen-bond acceptors (Lipinski definition) is 0. The lowest BCUT2D eigenvalue weighted by molar-refractivity contribution is 2.43. The minimum atomic E-state index is 0.620. The van der Waals surface area contributed by atoms with Gasteiger partial charge in [0, 0.05) is 0 Å². The lowest BCUT2D eigenvalue weighted by Gasteiger charge is -1.77. The molecule has 0 spiro atoms. The summed E-state index contributed by atoms with van der Waals surface area (Å²) < 4.78 is 1.24. The first-order chi connectivity index (χ1) is 2.64. The molecule has 0 aliphatic rings. The summed E-state index contributed by atoms with van der Waals surface area (Å²) in [5, 5.41) is 0. The van der Waals surface area contributed by atoms with Gasteiger partial charge >= 0.3 is 0 Å². The van der Waals surface area contributed by atoms with Crippen molar-refractivity contribution in [1.82, 2.24) is 0 Å². The van der Waals surface area contributed by atoms with Crippen LogP contribution < -0.4 is 0 Å². The van der Waals surface area contributed by atoms with Crippen LogP contribution in [0.1, 0.15) is 0 Å². The van der Waals surface area contributed by atoms with Gasteiger partial charge in [-0.25, -0.2) is 0 Å². The number of hydrogen-bond donors (Lipinski definition) is 0. The zero-order valence-corrected chi connectivity index (χ0v) is 8.34. The summed E-state index contributed by atoms with van der Waals surface area (Å²) >= 11 is 14.6. The van der Waals surface area contributed by atoms with Crippen molar-refractivity contribution in [3.63, 3.8) is 0 Å². The molecule has 0 aromatic carbocycles. The maximum atomic E-state index is 5.34. The predicted molar refractivity (Wildman–Crippen MR) is 46.8 cm³/mol. The molecule has 6 heavy (non-hydrogen) atoms. The molecule has 0 aliphatic heterocycles. The predicted octanol–water partition coefficient (Wildman–Crippen LogP) is 3.46. The van der Waals surface area contributed by atoms with Gasteiger partial charge in [-0.05, 0) is 45.2 Å². The van der Waals surface area contributed by atoms with Crippen molar-refractivity contribution in [2.45, 2.75) is 0 Å². The molecular weight excluding hydrogens is 349 g/mol. The Kier molecular flexibility index (Phi) is 4.85. The highest BCUT2D eigenvalue weighted by atomic mass is 127. The second-order valence-electron chi connectivity index (χ2n) is 0.521. The van der Waals surface area contributed by atoms with Crippen LogP contribution in [0.15, 0.2) is 6.08 Å². The summed E-state index contributed by atoms with van der Waals surface area (Å²) in [6.07, 6.45) is 0. The molecule has 0 rings (SSSR count). The monoisotopic (exact) mass is 348 g/mol. The summed E-state index contributed by atoms with van der Waals surface area (Å²) in [6.45, 7) is 0. The van der Waals surface area contributed by atoms with Gasteiger partial charge in [-0.2, -0.15) is 0 Å². The van der Waals surface area contributed by atoms with Gasteiger partial charge in [0.15, 0.2) is 0 Å². The first kappa shape index (κ1) is 7.78. The maximum Gasteiger partial charge on any atom is 0.104 e. The Hall–Kier alpha value is 1.78. The van der Waals surface area contributed by atoms with Crippen molar-refractivity contribution >= 4 is 68.4 Å². The van der Waals surface area contributed by atoms with Crippen LogP contribution in [0.25, 0.3) is 0 Å². The summed E-state index contributed by atoms with van der Waals surface area (Å²) in [7, 11) is 0. The van der Waals surface area contributed by atoms with Crippen LogP contribution in [0.4, 0.5) is 0 Å². The summed E-state index contributed by atoms with van der Waals surface area (Å²) in [4.78, 5) is 0. The smallest absolute Gasteiger partial charge is 0.0750 e. The Morgan fingerprint density at radius 2 is 1.17 bits per heavy atom. The highest BCUT2D eigenvalue weighted by molar-refractivity contribution is 14.1. The lowest BCUT2D eigenvalue weighted by atomic mass is 11.3. The zero-order valence-electron chi connectivity index (χ0n) is 2.51. The van der Waals surface area contributed by atoms with Gasteiger partial charge in [0.25, 0.3) is 0 Å². The average Bonchev–Trinajstić information content (AvgIpc) is 1.36. The summed E-state index contributed by atoms with van der Waals surface area (Å²) in [5.74, 6) is 0. The van der Waals surface area contributed by atoms with E-state index in [9.17, 15) is 0 Å². The van der Waals surface area contributed by atoms with E-state index in [4.69, 9.17) is 23.2 Å². The first-order valence-electron chi connectivity index (χ1n) is 1.01. The van der Waals surface area contributed by atoms with E-state index in [0.29, 0.717) is 6.08 Å². The van der Waals surface area contributed by atoms with Crippen molar-refractivity contribution in [3.05, 3.63) is 6.08 Å². The van der Waals surface area contributed by atoms with Crippen LogP contribution in [0.3, 0.4) is 0 Å². The molecular formula is C2Cl2I2. The molecule has 0 saturated heterocycles. The molecule has 36 valence electrons. The Balaban J connectivity index is 3.68. The number of halogens is 4. The molecule has 0 atom stereocenters. The normalized spacial score (nSPS) is 14.0. The van der Waals surface area contributed by atoms with Gasteiger partial charge in [0.2, 0.25) is 0 Å². The molecule has 0 N–H and O–H groups in total. The van der Waals surface area contributed by atoms with Crippen LogP contribution in [-0.2, 0) is 0 Å². The van der Waals surface area contributed by atoms with Gasteiger partial charge in [-0.1, -0.05) is 23.2 Å². The van der Waals surface area contributed by atoms with Gasteiger partial charge in [-0.3, -0.25) is 0 Å². The van der Waals surface area contributed by atoms with Crippen LogP contribution in [0, 0.1) is 0 Å². The quantitative estimate of drug-likeness (QED) is 0.588. The van der Waals surface area contributed by atoms with Crippen LogP contribution in [-0.4, -0.2) is 0 Å². The van der Waals surface area contributed by atoms with Crippen LogP contribution in [0.5, 0.6) is 0 Å². The molecule has 0 radical (unpaired) electrons. The molecule has 0 aromatic heterocycles.